The summed E-state index contributed by atoms with van der Waals surface area (Å²) in [6.45, 7) is 4.14. The van der Waals surface area contributed by atoms with Gasteiger partial charge in [0.15, 0.2) is 22.5 Å². The first-order valence-electron chi connectivity index (χ1n) is 9.04. The number of halogens is 2. The first-order valence-corrected chi connectivity index (χ1v) is 10.4. The summed E-state index contributed by atoms with van der Waals surface area (Å²) >= 11 is 7.17. The Bertz CT molecular complexity index is 1150. The lowest BCUT2D eigenvalue weighted by Gasteiger charge is -2.10. The zero-order chi connectivity index (χ0) is 22.2. The Labute approximate surface area is 187 Å². The van der Waals surface area contributed by atoms with Crippen molar-refractivity contribution in [1.82, 2.24) is 14.8 Å². The van der Waals surface area contributed by atoms with Crippen molar-refractivity contribution in [2.45, 2.75) is 18.3 Å². The molecule has 10 heteroatoms. The molecule has 0 aliphatic heterocycles. The van der Waals surface area contributed by atoms with Gasteiger partial charge in [-0.05, 0) is 30.3 Å². The zero-order valence-corrected chi connectivity index (χ0v) is 17.8. The van der Waals surface area contributed by atoms with E-state index in [0.717, 1.165) is 0 Å². The van der Waals surface area contributed by atoms with Crippen molar-refractivity contribution in [3.05, 3.63) is 77.3 Å². The Morgan fingerprint density at radius 2 is 2.16 bits per heavy atom. The molecule has 0 saturated carbocycles. The number of aromatic nitrogens is 3. The first kappa shape index (κ1) is 22.3. The van der Waals surface area contributed by atoms with Gasteiger partial charge in [-0.1, -0.05) is 41.6 Å². The number of anilines is 1. The van der Waals surface area contributed by atoms with E-state index < -0.39 is 5.82 Å². The average Bonchev–Trinajstić information content (AvgIpc) is 3.14. The summed E-state index contributed by atoms with van der Waals surface area (Å²) in [5.41, 5.74) is 0.817. The highest BCUT2D eigenvalue weighted by Crippen LogP contribution is 2.22. The number of carbonyl (C=O) groups is 1. The third-order valence-electron chi connectivity index (χ3n) is 4.00. The second-order valence-corrected chi connectivity index (χ2v) is 7.51. The monoisotopic (exact) mass is 457 g/mol. The zero-order valence-electron chi connectivity index (χ0n) is 16.2. The van der Waals surface area contributed by atoms with Gasteiger partial charge < -0.3 is 10.1 Å². The molecule has 31 heavy (non-hydrogen) atoms. The molecule has 0 aliphatic carbocycles. The van der Waals surface area contributed by atoms with Crippen molar-refractivity contribution in [1.29, 1.82) is 5.26 Å². The number of ether oxygens (including phenoxy) is 1. The Morgan fingerprint density at radius 3 is 2.87 bits per heavy atom. The predicted octanol–water partition coefficient (Wildman–Crippen LogP) is 4.44. The van der Waals surface area contributed by atoms with Crippen LogP contribution in [0.4, 0.5) is 10.1 Å². The van der Waals surface area contributed by atoms with E-state index in [1.54, 1.807) is 28.8 Å². The Kier molecular flexibility index (Phi) is 7.65. The van der Waals surface area contributed by atoms with Crippen LogP contribution in [0.3, 0.4) is 0 Å². The molecular weight excluding hydrogens is 441 g/mol. The van der Waals surface area contributed by atoms with Gasteiger partial charge in [-0.15, -0.1) is 16.8 Å². The minimum atomic E-state index is -0.466. The standard InChI is InChI=1S/C21H17ClFN5O2S/c1-2-9-28-19(12-30-18-6-4-3-5-17(18)23)26-27-21(28)31-13-20(29)25-15-8-7-14(11-24)16(22)10-15/h2-8,10H,1,9,12-13H2,(H,25,29). The van der Waals surface area contributed by atoms with Crippen LogP contribution in [0.25, 0.3) is 0 Å². The number of hydrogen-bond acceptors (Lipinski definition) is 6. The molecule has 0 saturated heterocycles. The number of rotatable bonds is 9. The molecule has 1 heterocycles. The number of para-hydroxylation sites is 1. The van der Waals surface area contributed by atoms with Crippen LogP contribution in [-0.2, 0) is 17.9 Å². The van der Waals surface area contributed by atoms with Gasteiger partial charge in [0.1, 0.15) is 12.7 Å². The van der Waals surface area contributed by atoms with Gasteiger partial charge >= 0.3 is 0 Å². The summed E-state index contributed by atoms with van der Waals surface area (Å²) < 4.78 is 21.0. The minimum absolute atomic E-state index is 0.0122. The highest BCUT2D eigenvalue weighted by atomic mass is 35.5. The van der Waals surface area contributed by atoms with Crippen molar-refractivity contribution >= 4 is 35.0 Å². The topological polar surface area (TPSA) is 92.8 Å². The first-order chi connectivity index (χ1) is 15.0. The van der Waals surface area contributed by atoms with Crippen LogP contribution < -0.4 is 10.1 Å². The van der Waals surface area contributed by atoms with Gasteiger partial charge in [0.05, 0.1) is 16.3 Å². The molecule has 0 fully saturated rings. The van der Waals surface area contributed by atoms with Crippen LogP contribution >= 0.6 is 23.4 Å². The second-order valence-electron chi connectivity index (χ2n) is 6.16. The van der Waals surface area contributed by atoms with Crippen molar-refractivity contribution in [3.63, 3.8) is 0 Å². The molecule has 0 radical (unpaired) electrons. The van der Waals surface area contributed by atoms with E-state index >= 15 is 0 Å². The van der Waals surface area contributed by atoms with Crippen LogP contribution in [0.5, 0.6) is 5.75 Å². The molecule has 1 N–H and O–H groups in total. The maximum atomic E-state index is 13.7. The molecule has 0 bridgehead atoms. The fourth-order valence-corrected chi connectivity index (χ4v) is 3.55. The fourth-order valence-electron chi connectivity index (χ4n) is 2.56. The molecular formula is C21H17ClFN5O2S. The molecule has 0 spiro atoms. The van der Waals surface area contributed by atoms with Crippen LogP contribution in [0.2, 0.25) is 5.02 Å². The maximum Gasteiger partial charge on any atom is 0.234 e. The minimum Gasteiger partial charge on any atom is -0.483 e. The van der Waals surface area contributed by atoms with Gasteiger partial charge in [0.25, 0.3) is 0 Å². The summed E-state index contributed by atoms with van der Waals surface area (Å²) in [5.74, 6) is -0.0778. The molecule has 1 amide bonds. The molecule has 2 aromatic carbocycles. The molecule has 1 aromatic heterocycles. The third-order valence-corrected chi connectivity index (χ3v) is 5.28. The van der Waals surface area contributed by atoms with Crippen molar-refractivity contribution < 1.29 is 13.9 Å². The average molecular weight is 458 g/mol. The van der Waals surface area contributed by atoms with Gasteiger partial charge in [-0.25, -0.2) is 4.39 Å². The van der Waals surface area contributed by atoms with Crippen molar-refractivity contribution in [2.24, 2.45) is 0 Å². The largest absolute Gasteiger partial charge is 0.483 e. The number of allylic oxidation sites excluding steroid dienone is 1. The van der Waals surface area contributed by atoms with Gasteiger partial charge in [0.2, 0.25) is 5.91 Å². The normalized spacial score (nSPS) is 10.4. The number of nitrogens with one attached hydrogen (secondary N) is 1. The molecule has 7 nitrogen and oxygen atoms in total. The number of benzene rings is 2. The van der Waals surface area contributed by atoms with Gasteiger partial charge in [-0.2, -0.15) is 5.26 Å². The highest BCUT2D eigenvalue weighted by Gasteiger charge is 2.15. The van der Waals surface area contributed by atoms with Crippen molar-refractivity contribution in [2.75, 3.05) is 11.1 Å². The van der Waals surface area contributed by atoms with Gasteiger partial charge in [0, 0.05) is 12.2 Å². The lowest BCUT2D eigenvalue weighted by atomic mass is 10.2. The summed E-state index contributed by atoms with van der Waals surface area (Å²) in [6, 6.07) is 12.7. The van der Waals surface area contributed by atoms with E-state index in [-0.39, 0.29) is 29.0 Å². The van der Waals surface area contributed by atoms with E-state index in [4.69, 9.17) is 21.6 Å². The predicted molar refractivity (Wildman–Crippen MR) is 116 cm³/mol. The SMILES string of the molecule is C=CCn1c(COc2ccccc2F)nnc1SCC(=O)Nc1ccc(C#N)c(Cl)c1. The van der Waals surface area contributed by atoms with E-state index in [1.165, 1.54) is 36.0 Å². The fraction of sp³-hybridized carbons (Fsp3) is 0.143. The number of amides is 1. The Morgan fingerprint density at radius 1 is 1.35 bits per heavy atom. The highest BCUT2D eigenvalue weighted by molar-refractivity contribution is 7.99. The second kappa shape index (κ2) is 10.6. The van der Waals surface area contributed by atoms with E-state index in [0.29, 0.717) is 28.8 Å². The van der Waals surface area contributed by atoms with E-state index in [9.17, 15) is 9.18 Å². The smallest absolute Gasteiger partial charge is 0.234 e. The maximum absolute atomic E-state index is 13.7. The summed E-state index contributed by atoms with van der Waals surface area (Å²) in [6.07, 6.45) is 1.67. The quantitative estimate of drug-likeness (QED) is 0.377. The molecule has 3 rings (SSSR count). The molecule has 3 aromatic rings. The Balaban J connectivity index is 1.62. The molecule has 0 unspecified atom stereocenters. The summed E-state index contributed by atoms with van der Waals surface area (Å²) in [5, 5.41) is 20.6. The number of thioether (sulfide) groups is 1. The van der Waals surface area contributed by atoms with E-state index in [1.807, 2.05) is 6.07 Å². The summed E-state index contributed by atoms with van der Waals surface area (Å²) in [4.78, 5) is 12.3. The van der Waals surface area contributed by atoms with Gasteiger partial charge in [-0.3, -0.25) is 9.36 Å². The number of carbonyl (C=O) groups excluding carboxylic acids is 1. The number of nitrogens with zero attached hydrogens (tertiary/aromatic N) is 4. The third kappa shape index (κ3) is 5.84. The summed E-state index contributed by atoms with van der Waals surface area (Å²) in [7, 11) is 0. The van der Waals surface area contributed by atoms with Crippen LogP contribution in [0.1, 0.15) is 11.4 Å². The van der Waals surface area contributed by atoms with Crippen molar-refractivity contribution in [3.8, 4) is 11.8 Å². The van der Waals surface area contributed by atoms with E-state index in [2.05, 4.69) is 22.1 Å². The lowest BCUT2D eigenvalue weighted by molar-refractivity contribution is -0.113. The lowest BCUT2D eigenvalue weighted by Crippen LogP contribution is -2.15. The Hall–Kier alpha value is -3.35. The van der Waals surface area contributed by atoms with Crippen LogP contribution in [-0.4, -0.2) is 26.4 Å². The molecule has 0 aliphatic rings. The number of nitriles is 1. The number of hydrogen-bond donors (Lipinski definition) is 1. The molecule has 158 valence electrons. The molecule has 0 atom stereocenters. The van der Waals surface area contributed by atoms with Crippen LogP contribution in [0.15, 0.2) is 60.3 Å². The van der Waals surface area contributed by atoms with Crippen LogP contribution in [0, 0.1) is 17.1 Å².